The van der Waals surface area contributed by atoms with Crippen molar-refractivity contribution < 1.29 is 4.74 Å². The van der Waals surface area contributed by atoms with Crippen molar-refractivity contribution in [3.63, 3.8) is 0 Å². The Morgan fingerprint density at radius 2 is 2.25 bits per heavy atom. The van der Waals surface area contributed by atoms with E-state index in [2.05, 4.69) is 10.4 Å². The van der Waals surface area contributed by atoms with Crippen molar-refractivity contribution in [3.8, 4) is 0 Å². The molecule has 1 saturated carbocycles. The molecule has 3 N–H and O–H groups in total. The molecule has 1 saturated heterocycles. The Kier molecular flexibility index (Phi) is 2.28. The third kappa shape index (κ3) is 1.76. The zero-order chi connectivity index (χ0) is 8.39. The molecule has 1 aliphatic carbocycles. The molecule has 0 bridgehead atoms. The molecule has 0 aromatic rings. The SMILES string of the molecule is NNC(=NC1CC1)C1CCCO1. The van der Waals surface area contributed by atoms with Gasteiger partial charge in [0.2, 0.25) is 0 Å². The van der Waals surface area contributed by atoms with Gasteiger partial charge in [-0.1, -0.05) is 0 Å². The first kappa shape index (κ1) is 8.01. The van der Waals surface area contributed by atoms with Crippen LogP contribution in [0.25, 0.3) is 0 Å². The molecule has 1 aliphatic heterocycles. The number of aliphatic imine (C=N–C) groups is 1. The number of ether oxygens (including phenoxy) is 1. The Balaban J connectivity index is 1.95. The first-order chi connectivity index (χ1) is 5.90. The first-order valence-electron chi connectivity index (χ1n) is 4.56. The molecule has 1 atom stereocenters. The fourth-order valence-corrected chi connectivity index (χ4v) is 1.41. The van der Waals surface area contributed by atoms with E-state index in [1.165, 1.54) is 12.8 Å². The van der Waals surface area contributed by atoms with Crippen LogP contribution in [0.4, 0.5) is 0 Å². The van der Waals surface area contributed by atoms with Crippen molar-refractivity contribution in [1.82, 2.24) is 5.43 Å². The van der Waals surface area contributed by atoms with Gasteiger partial charge in [-0.25, -0.2) is 5.84 Å². The third-order valence-corrected chi connectivity index (χ3v) is 2.25. The standard InChI is InChI=1S/C8H15N3O/c9-11-8(10-6-3-4-6)7-2-1-5-12-7/h6-7H,1-5,9H2,(H,10,11). The highest BCUT2D eigenvalue weighted by atomic mass is 16.5. The summed E-state index contributed by atoms with van der Waals surface area (Å²) in [4.78, 5) is 4.44. The van der Waals surface area contributed by atoms with Crippen molar-refractivity contribution in [1.29, 1.82) is 0 Å². The maximum atomic E-state index is 5.46. The number of nitrogens with zero attached hydrogens (tertiary/aromatic N) is 1. The first-order valence-corrected chi connectivity index (χ1v) is 4.56. The van der Waals surface area contributed by atoms with Gasteiger partial charge in [0.25, 0.3) is 0 Å². The molecule has 2 rings (SSSR count). The molecule has 0 amide bonds. The van der Waals surface area contributed by atoms with Crippen LogP contribution in [-0.4, -0.2) is 24.6 Å². The molecular weight excluding hydrogens is 154 g/mol. The molecule has 0 radical (unpaired) electrons. The van der Waals surface area contributed by atoms with Crippen molar-refractivity contribution >= 4 is 5.84 Å². The predicted octanol–water partition coefficient (Wildman–Crippen LogP) is 0.190. The van der Waals surface area contributed by atoms with Crippen LogP contribution in [0.2, 0.25) is 0 Å². The number of rotatable bonds is 2. The van der Waals surface area contributed by atoms with Gasteiger partial charge in [-0.05, 0) is 25.7 Å². The van der Waals surface area contributed by atoms with Crippen LogP contribution in [0.3, 0.4) is 0 Å². The van der Waals surface area contributed by atoms with Crippen LogP contribution in [-0.2, 0) is 4.74 Å². The largest absolute Gasteiger partial charge is 0.370 e. The fraction of sp³-hybridized carbons (Fsp3) is 0.875. The number of hydrogen-bond acceptors (Lipinski definition) is 3. The van der Waals surface area contributed by atoms with Crippen LogP contribution in [0.15, 0.2) is 4.99 Å². The van der Waals surface area contributed by atoms with Crippen LogP contribution in [0, 0.1) is 0 Å². The van der Waals surface area contributed by atoms with Crippen LogP contribution < -0.4 is 11.3 Å². The lowest BCUT2D eigenvalue weighted by Gasteiger charge is -2.11. The second-order valence-electron chi connectivity index (χ2n) is 3.39. The summed E-state index contributed by atoms with van der Waals surface area (Å²) in [6, 6.07) is 0.514. The Morgan fingerprint density at radius 3 is 2.75 bits per heavy atom. The highest BCUT2D eigenvalue weighted by Crippen LogP contribution is 2.24. The molecule has 0 spiro atoms. The van der Waals surface area contributed by atoms with Gasteiger partial charge in [-0.2, -0.15) is 0 Å². The fourth-order valence-electron chi connectivity index (χ4n) is 1.41. The van der Waals surface area contributed by atoms with Crippen LogP contribution in [0.5, 0.6) is 0 Å². The van der Waals surface area contributed by atoms with Gasteiger partial charge in [0, 0.05) is 6.61 Å². The second-order valence-corrected chi connectivity index (χ2v) is 3.39. The summed E-state index contributed by atoms with van der Waals surface area (Å²) in [5.74, 6) is 6.21. The normalized spacial score (nSPS) is 30.8. The van der Waals surface area contributed by atoms with Crippen LogP contribution >= 0.6 is 0 Å². The number of hydrazine groups is 1. The maximum absolute atomic E-state index is 5.46. The number of hydrogen-bond donors (Lipinski definition) is 2. The summed E-state index contributed by atoms with van der Waals surface area (Å²) in [6.45, 7) is 0.843. The van der Waals surface area contributed by atoms with E-state index < -0.39 is 0 Å². The second kappa shape index (κ2) is 3.41. The average molecular weight is 169 g/mol. The molecule has 1 heterocycles. The molecule has 4 heteroatoms. The van der Waals surface area contributed by atoms with Gasteiger partial charge < -0.3 is 10.2 Å². The number of nitrogens with two attached hydrogens (primary N) is 1. The lowest BCUT2D eigenvalue weighted by Crippen LogP contribution is -2.39. The molecule has 68 valence electrons. The van der Waals surface area contributed by atoms with Gasteiger partial charge in [-0.15, -0.1) is 0 Å². The number of amidine groups is 1. The Hall–Kier alpha value is -0.610. The van der Waals surface area contributed by atoms with Gasteiger partial charge in [-0.3, -0.25) is 4.99 Å². The lowest BCUT2D eigenvalue weighted by atomic mass is 10.2. The molecule has 2 aliphatic rings. The minimum Gasteiger partial charge on any atom is -0.370 e. The zero-order valence-corrected chi connectivity index (χ0v) is 7.12. The summed E-state index contributed by atoms with van der Waals surface area (Å²) in [5, 5.41) is 0. The van der Waals surface area contributed by atoms with Gasteiger partial charge >= 0.3 is 0 Å². The van der Waals surface area contributed by atoms with E-state index in [0.717, 1.165) is 25.3 Å². The molecule has 0 aromatic heterocycles. The van der Waals surface area contributed by atoms with E-state index in [1.807, 2.05) is 0 Å². The van der Waals surface area contributed by atoms with Crippen LogP contribution in [0.1, 0.15) is 25.7 Å². The highest BCUT2D eigenvalue weighted by molar-refractivity contribution is 5.86. The minimum atomic E-state index is 0.135. The van der Waals surface area contributed by atoms with E-state index in [0.29, 0.717) is 6.04 Å². The molecule has 1 unspecified atom stereocenters. The highest BCUT2D eigenvalue weighted by Gasteiger charge is 2.26. The van der Waals surface area contributed by atoms with Gasteiger partial charge in [0.15, 0.2) is 0 Å². The molecular formula is C8H15N3O. The summed E-state index contributed by atoms with van der Waals surface area (Å²) < 4.78 is 5.46. The van der Waals surface area contributed by atoms with E-state index in [1.54, 1.807) is 0 Å². The Labute approximate surface area is 72.2 Å². The average Bonchev–Trinajstić information content (AvgIpc) is 2.74. The van der Waals surface area contributed by atoms with Gasteiger partial charge in [0.05, 0.1) is 6.04 Å². The Bertz CT molecular complexity index is 183. The topological polar surface area (TPSA) is 59.6 Å². The van der Waals surface area contributed by atoms with E-state index >= 15 is 0 Å². The summed E-state index contributed by atoms with van der Waals surface area (Å²) in [5.41, 5.74) is 2.64. The smallest absolute Gasteiger partial charge is 0.140 e. The summed E-state index contributed by atoms with van der Waals surface area (Å²) in [7, 11) is 0. The van der Waals surface area contributed by atoms with E-state index in [9.17, 15) is 0 Å². The Morgan fingerprint density at radius 1 is 1.42 bits per heavy atom. The van der Waals surface area contributed by atoms with Gasteiger partial charge in [0.1, 0.15) is 11.9 Å². The summed E-state index contributed by atoms with van der Waals surface area (Å²) in [6.07, 6.45) is 4.72. The van der Waals surface area contributed by atoms with E-state index in [-0.39, 0.29) is 6.10 Å². The third-order valence-electron chi connectivity index (χ3n) is 2.25. The quantitative estimate of drug-likeness (QED) is 0.268. The molecule has 2 fully saturated rings. The molecule has 0 aromatic carbocycles. The monoisotopic (exact) mass is 169 g/mol. The minimum absolute atomic E-state index is 0.135. The van der Waals surface area contributed by atoms with E-state index in [4.69, 9.17) is 10.6 Å². The molecule has 4 nitrogen and oxygen atoms in total. The zero-order valence-electron chi connectivity index (χ0n) is 7.12. The predicted molar refractivity (Wildman–Crippen MR) is 46.8 cm³/mol. The summed E-state index contributed by atoms with van der Waals surface area (Å²) >= 11 is 0. The maximum Gasteiger partial charge on any atom is 0.140 e. The van der Waals surface area contributed by atoms with Crippen molar-refractivity contribution in [3.05, 3.63) is 0 Å². The van der Waals surface area contributed by atoms with Crippen molar-refractivity contribution in [2.45, 2.75) is 37.8 Å². The van der Waals surface area contributed by atoms with Crippen molar-refractivity contribution in [2.24, 2.45) is 10.8 Å². The van der Waals surface area contributed by atoms with Crippen molar-refractivity contribution in [2.75, 3.05) is 6.61 Å². The number of nitrogens with one attached hydrogen (secondary N) is 1. The molecule has 12 heavy (non-hydrogen) atoms. The lowest BCUT2D eigenvalue weighted by molar-refractivity contribution is 0.155.